The van der Waals surface area contributed by atoms with Crippen LogP contribution in [0, 0.1) is 20.2 Å². The number of hydrogen-bond acceptors (Lipinski definition) is 13. The smallest absolute Gasteiger partial charge is 0.324 e. The Morgan fingerprint density at radius 1 is 0.714 bits per heavy atom. The number of likely N-dealkylation sites (N-methyl/N-ethyl adjacent to an activating group) is 2. The van der Waals surface area contributed by atoms with E-state index < -0.39 is 33.9 Å². The first-order chi connectivity index (χ1) is 23.3. The lowest BCUT2D eigenvalue weighted by Gasteiger charge is -2.37. The van der Waals surface area contributed by atoms with E-state index >= 15 is 0 Å². The van der Waals surface area contributed by atoms with Crippen molar-refractivity contribution in [2.24, 2.45) is 0 Å². The molecule has 17 heteroatoms. The fourth-order valence-corrected chi connectivity index (χ4v) is 6.31. The van der Waals surface area contributed by atoms with Gasteiger partial charge in [-0.3, -0.25) is 49.2 Å². The number of ether oxygens (including phenoxy) is 2. The van der Waals surface area contributed by atoms with Crippen LogP contribution in [-0.2, 0) is 28.7 Å². The molecule has 0 bridgehead atoms. The van der Waals surface area contributed by atoms with Crippen LogP contribution in [0.1, 0.15) is 11.1 Å². The van der Waals surface area contributed by atoms with E-state index in [9.17, 15) is 39.4 Å². The number of amides is 2. The number of benzene rings is 2. The molecule has 2 unspecified atom stereocenters. The molecule has 2 atom stereocenters. The largest absolute Gasteiger partial charge is 0.468 e. The van der Waals surface area contributed by atoms with Gasteiger partial charge in [-0.15, -0.1) is 0 Å². The molecule has 2 heterocycles. The molecule has 2 fully saturated rings. The quantitative estimate of drug-likeness (QED) is 0.153. The molecule has 2 aliphatic heterocycles. The predicted octanol–water partition coefficient (Wildman–Crippen LogP) is 2.31. The van der Waals surface area contributed by atoms with Gasteiger partial charge in [-0.2, -0.15) is 0 Å². The van der Waals surface area contributed by atoms with Gasteiger partial charge in [-0.1, -0.05) is 23.9 Å². The molecule has 2 amide bonds. The van der Waals surface area contributed by atoms with Crippen molar-refractivity contribution in [2.75, 3.05) is 67.6 Å². The number of carbonyl (C=O) groups excluding carboxylic acids is 4. The highest BCUT2D eigenvalue weighted by atomic mass is 32.2. The van der Waals surface area contributed by atoms with E-state index in [0.717, 1.165) is 11.8 Å². The van der Waals surface area contributed by atoms with Gasteiger partial charge >= 0.3 is 11.9 Å². The molecule has 0 spiro atoms. The minimum atomic E-state index is -0.611. The lowest BCUT2D eigenvalue weighted by Crippen LogP contribution is -2.56. The van der Waals surface area contributed by atoms with Crippen molar-refractivity contribution in [3.63, 3.8) is 0 Å². The molecule has 2 aromatic carbocycles. The van der Waals surface area contributed by atoms with Gasteiger partial charge in [0.05, 0.1) is 33.9 Å². The molecule has 49 heavy (non-hydrogen) atoms. The predicted molar refractivity (Wildman–Crippen MR) is 178 cm³/mol. The van der Waals surface area contributed by atoms with Crippen molar-refractivity contribution in [1.82, 2.24) is 19.6 Å². The standard InChI is InChI=1S/C32H36N6O10S/c1-33-13-15-35(19-25(33)31(41)47-3)29(39)11-7-21-5-9-27(23(17-21)37(43)44)49-28-10-6-22(18-24(28)38(45)46)8-12-30(40)36-16-14-34(2)26(20-36)32(42)48-4/h5-12,17-18,25-26H,13-16,19-20H2,1-4H3/b11-7+,12-8+. The number of nitrogens with zero attached hydrogens (tertiary/aromatic N) is 6. The molecule has 4 rings (SSSR count). The lowest BCUT2D eigenvalue weighted by atomic mass is 10.1. The Balaban J connectivity index is 1.47. The molecular weight excluding hydrogens is 660 g/mol. The molecule has 2 aliphatic rings. The third-order valence-corrected chi connectivity index (χ3v) is 9.41. The Kier molecular flexibility index (Phi) is 12.2. The summed E-state index contributed by atoms with van der Waals surface area (Å²) in [6.45, 7) is 1.99. The van der Waals surface area contributed by atoms with Crippen LogP contribution in [0.25, 0.3) is 12.2 Å². The average Bonchev–Trinajstić information content (AvgIpc) is 3.09. The van der Waals surface area contributed by atoms with Crippen molar-refractivity contribution < 1.29 is 38.5 Å². The Morgan fingerprint density at radius 3 is 1.45 bits per heavy atom. The van der Waals surface area contributed by atoms with E-state index in [1.807, 2.05) is 0 Å². The van der Waals surface area contributed by atoms with Crippen LogP contribution in [0.4, 0.5) is 11.4 Å². The zero-order chi connectivity index (χ0) is 35.8. The molecule has 2 saturated heterocycles. The van der Waals surface area contributed by atoms with Gasteiger partial charge in [-0.05, 0) is 49.5 Å². The minimum Gasteiger partial charge on any atom is -0.468 e. The zero-order valence-corrected chi connectivity index (χ0v) is 28.2. The SMILES string of the molecule is COC(=O)C1CN(C(=O)/C=C/c2ccc(Sc3ccc(/C=C/C(=O)N4CCN(C)C(C(=O)OC)C4)cc3[N+](=O)[O-])c([N+](=O)[O-])c2)CCN1C. The van der Waals surface area contributed by atoms with Gasteiger partial charge in [-0.25, -0.2) is 0 Å². The molecule has 0 radical (unpaired) electrons. The second-order valence-corrected chi connectivity index (χ2v) is 12.4. The maximum atomic E-state index is 12.8. The van der Waals surface area contributed by atoms with Crippen LogP contribution in [0.2, 0.25) is 0 Å². The van der Waals surface area contributed by atoms with Gasteiger partial charge in [0.25, 0.3) is 11.4 Å². The summed E-state index contributed by atoms with van der Waals surface area (Å²) in [6, 6.07) is 7.34. The van der Waals surface area contributed by atoms with Gasteiger partial charge in [0.2, 0.25) is 11.8 Å². The van der Waals surface area contributed by atoms with E-state index in [4.69, 9.17) is 9.47 Å². The normalized spacial score (nSPS) is 18.9. The maximum absolute atomic E-state index is 12.8. The topological polar surface area (TPSA) is 186 Å². The maximum Gasteiger partial charge on any atom is 0.324 e. The number of carbonyl (C=O) groups is 4. The minimum absolute atomic E-state index is 0.138. The van der Waals surface area contributed by atoms with Crippen molar-refractivity contribution >= 4 is 59.0 Å². The molecule has 16 nitrogen and oxygen atoms in total. The first-order valence-corrected chi connectivity index (χ1v) is 15.9. The summed E-state index contributed by atoms with van der Waals surface area (Å²) in [6.07, 6.45) is 5.40. The molecule has 260 valence electrons. The Bertz CT molecular complexity index is 1580. The molecule has 0 N–H and O–H groups in total. The van der Waals surface area contributed by atoms with Crippen LogP contribution in [-0.4, -0.2) is 133 Å². The third kappa shape index (κ3) is 9.07. The molecule has 0 aromatic heterocycles. The summed E-state index contributed by atoms with van der Waals surface area (Å²) in [5.74, 6) is -1.65. The van der Waals surface area contributed by atoms with E-state index in [1.54, 1.807) is 36.0 Å². The molecule has 2 aromatic rings. The van der Waals surface area contributed by atoms with Crippen LogP contribution < -0.4 is 0 Å². The van der Waals surface area contributed by atoms with Crippen molar-refractivity contribution in [2.45, 2.75) is 21.9 Å². The van der Waals surface area contributed by atoms with E-state index in [-0.39, 0.29) is 46.1 Å². The number of methoxy groups -OCH3 is 2. The van der Waals surface area contributed by atoms with Crippen LogP contribution >= 0.6 is 11.8 Å². The fraction of sp³-hybridized carbons (Fsp3) is 0.375. The lowest BCUT2D eigenvalue weighted by molar-refractivity contribution is -0.388. The number of rotatable bonds is 10. The van der Waals surface area contributed by atoms with E-state index in [2.05, 4.69) is 0 Å². The molecule has 0 saturated carbocycles. The number of esters is 2. The highest BCUT2D eigenvalue weighted by Gasteiger charge is 2.33. The van der Waals surface area contributed by atoms with Crippen molar-refractivity contribution in [3.8, 4) is 0 Å². The number of nitro benzene ring substituents is 2. The Labute approximate surface area is 286 Å². The second-order valence-electron chi connectivity index (χ2n) is 11.3. The highest BCUT2D eigenvalue weighted by Crippen LogP contribution is 2.40. The average molecular weight is 697 g/mol. The third-order valence-electron chi connectivity index (χ3n) is 8.28. The summed E-state index contributed by atoms with van der Waals surface area (Å²) in [5, 5.41) is 24.0. The first kappa shape index (κ1) is 36.7. The summed E-state index contributed by atoms with van der Waals surface area (Å²) >= 11 is 0.841. The zero-order valence-electron chi connectivity index (χ0n) is 27.3. The number of nitro groups is 2. The highest BCUT2D eigenvalue weighted by molar-refractivity contribution is 7.99. The summed E-state index contributed by atoms with van der Waals surface area (Å²) in [4.78, 5) is 79.4. The van der Waals surface area contributed by atoms with Crippen molar-refractivity contribution in [3.05, 3.63) is 79.9 Å². The Hall–Kier alpha value is -5.13. The van der Waals surface area contributed by atoms with E-state index in [1.165, 1.54) is 72.6 Å². The second kappa shape index (κ2) is 16.3. The summed E-state index contributed by atoms with van der Waals surface area (Å²) in [7, 11) is 6.09. The Morgan fingerprint density at radius 2 is 1.10 bits per heavy atom. The first-order valence-electron chi connectivity index (χ1n) is 15.1. The monoisotopic (exact) mass is 696 g/mol. The van der Waals surface area contributed by atoms with Crippen LogP contribution in [0.3, 0.4) is 0 Å². The van der Waals surface area contributed by atoms with Crippen LogP contribution in [0.15, 0.2) is 58.3 Å². The van der Waals surface area contributed by atoms with Crippen molar-refractivity contribution in [1.29, 1.82) is 0 Å². The summed E-state index contributed by atoms with van der Waals surface area (Å²) < 4.78 is 9.64. The van der Waals surface area contributed by atoms with Gasteiger partial charge in [0.1, 0.15) is 12.1 Å². The fourth-order valence-electron chi connectivity index (χ4n) is 5.33. The van der Waals surface area contributed by atoms with Gasteiger partial charge in [0, 0.05) is 63.6 Å². The van der Waals surface area contributed by atoms with E-state index in [0.29, 0.717) is 37.3 Å². The summed E-state index contributed by atoms with van der Waals surface area (Å²) in [5.41, 5.74) is 0.0967. The van der Waals surface area contributed by atoms with Crippen LogP contribution in [0.5, 0.6) is 0 Å². The number of hydrogen-bond donors (Lipinski definition) is 0. The molecular formula is C32H36N6O10S. The van der Waals surface area contributed by atoms with Gasteiger partial charge in [0.15, 0.2) is 0 Å². The molecule has 0 aliphatic carbocycles. The number of piperazine rings is 2. The van der Waals surface area contributed by atoms with Gasteiger partial charge < -0.3 is 19.3 Å².